The predicted octanol–water partition coefficient (Wildman–Crippen LogP) is 4.57. The minimum absolute atomic E-state index is 0.313. The van der Waals surface area contributed by atoms with Crippen LogP contribution in [0.2, 0.25) is 5.15 Å². The van der Waals surface area contributed by atoms with E-state index in [1.165, 1.54) is 6.07 Å². The van der Waals surface area contributed by atoms with Gasteiger partial charge in [0.05, 0.1) is 4.47 Å². The van der Waals surface area contributed by atoms with Crippen molar-refractivity contribution in [1.82, 2.24) is 9.97 Å². The van der Waals surface area contributed by atoms with E-state index in [4.69, 9.17) is 11.6 Å². The zero-order valence-electron chi connectivity index (χ0n) is 9.97. The third-order valence-corrected chi connectivity index (χ3v) is 3.62. The van der Waals surface area contributed by atoms with E-state index in [0.29, 0.717) is 15.5 Å². The Hall–Kier alpha value is -1.00. The van der Waals surface area contributed by atoms with Gasteiger partial charge in [0.1, 0.15) is 11.0 Å². The van der Waals surface area contributed by atoms with Crippen molar-refractivity contribution in [2.24, 2.45) is 0 Å². The first-order valence-corrected chi connectivity index (χ1v) is 6.68. The van der Waals surface area contributed by atoms with Crippen LogP contribution in [-0.2, 0) is 6.42 Å². The molecule has 0 bridgehead atoms. The third kappa shape index (κ3) is 2.54. The van der Waals surface area contributed by atoms with Crippen molar-refractivity contribution < 1.29 is 4.39 Å². The number of halogens is 3. The Morgan fingerprint density at radius 1 is 1.33 bits per heavy atom. The highest BCUT2D eigenvalue weighted by Gasteiger charge is 2.11. The zero-order valence-corrected chi connectivity index (χ0v) is 12.3. The van der Waals surface area contributed by atoms with Crippen LogP contribution in [0.5, 0.6) is 0 Å². The van der Waals surface area contributed by atoms with Crippen LogP contribution < -0.4 is 0 Å². The van der Waals surface area contributed by atoms with E-state index in [2.05, 4.69) is 25.9 Å². The van der Waals surface area contributed by atoms with Gasteiger partial charge in [-0.1, -0.05) is 18.5 Å². The van der Waals surface area contributed by atoms with Crippen molar-refractivity contribution >= 4 is 27.5 Å². The summed E-state index contributed by atoms with van der Waals surface area (Å²) in [6.07, 6.45) is 0.790. The maximum atomic E-state index is 13.2. The molecule has 0 saturated heterocycles. The zero-order chi connectivity index (χ0) is 13.3. The second-order valence-electron chi connectivity index (χ2n) is 3.88. The molecule has 2 aromatic rings. The van der Waals surface area contributed by atoms with Gasteiger partial charge >= 0.3 is 0 Å². The van der Waals surface area contributed by atoms with Crippen molar-refractivity contribution in [3.8, 4) is 11.4 Å². The van der Waals surface area contributed by atoms with Crippen LogP contribution in [0.15, 0.2) is 22.7 Å². The second kappa shape index (κ2) is 5.33. The van der Waals surface area contributed by atoms with Crippen LogP contribution in [0.4, 0.5) is 4.39 Å². The first-order chi connectivity index (χ1) is 8.52. The SMILES string of the molecule is CCc1c(C)nc(-c2ccc(F)c(Br)c2)nc1Cl. The fraction of sp³-hybridized carbons (Fsp3) is 0.231. The van der Waals surface area contributed by atoms with Gasteiger partial charge in [-0.15, -0.1) is 0 Å². The van der Waals surface area contributed by atoms with E-state index in [9.17, 15) is 4.39 Å². The molecule has 0 fully saturated rings. The van der Waals surface area contributed by atoms with Gasteiger partial charge in [-0.2, -0.15) is 0 Å². The molecule has 0 N–H and O–H groups in total. The minimum Gasteiger partial charge on any atom is -0.233 e. The van der Waals surface area contributed by atoms with Gasteiger partial charge < -0.3 is 0 Å². The summed E-state index contributed by atoms with van der Waals surface area (Å²) in [6.45, 7) is 3.90. The maximum absolute atomic E-state index is 13.2. The standard InChI is InChI=1S/C13H11BrClFN2/c1-3-9-7(2)17-13(18-12(9)15)8-4-5-11(16)10(14)6-8/h4-6H,3H2,1-2H3. The summed E-state index contributed by atoms with van der Waals surface area (Å²) >= 11 is 9.26. The normalized spacial score (nSPS) is 10.7. The van der Waals surface area contributed by atoms with Crippen molar-refractivity contribution in [2.75, 3.05) is 0 Å². The van der Waals surface area contributed by atoms with Gasteiger partial charge in [-0.05, 0) is 47.5 Å². The van der Waals surface area contributed by atoms with Crippen LogP contribution in [-0.4, -0.2) is 9.97 Å². The smallest absolute Gasteiger partial charge is 0.161 e. The van der Waals surface area contributed by atoms with Crippen molar-refractivity contribution in [2.45, 2.75) is 20.3 Å². The Balaban J connectivity index is 2.54. The molecule has 0 spiro atoms. The summed E-state index contributed by atoms with van der Waals surface area (Å²) in [6, 6.07) is 4.66. The Labute approximate surface area is 118 Å². The summed E-state index contributed by atoms with van der Waals surface area (Å²) in [5.74, 6) is 0.196. The quantitative estimate of drug-likeness (QED) is 0.754. The van der Waals surface area contributed by atoms with Crippen molar-refractivity contribution in [3.05, 3.63) is 44.9 Å². The van der Waals surface area contributed by atoms with E-state index in [0.717, 1.165) is 23.2 Å². The van der Waals surface area contributed by atoms with E-state index in [1.807, 2.05) is 13.8 Å². The number of hydrogen-bond acceptors (Lipinski definition) is 2. The number of hydrogen-bond donors (Lipinski definition) is 0. The second-order valence-corrected chi connectivity index (χ2v) is 5.10. The van der Waals surface area contributed by atoms with Crippen molar-refractivity contribution in [3.63, 3.8) is 0 Å². The molecule has 2 nitrogen and oxygen atoms in total. The van der Waals surface area contributed by atoms with Gasteiger partial charge in [0, 0.05) is 16.8 Å². The molecular formula is C13H11BrClFN2. The Morgan fingerprint density at radius 2 is 2.06 bits per heavy atom. The number of nitrogens with zero attached hydrogens (tertiary/aromatic N) is 2. The largest absolute Gasteiger partial charge is 0.233 e. The van der Waals surface area contributed by atoms with Crippen LogP contribution in [0.25, 0.3) is 11.4 Å². The first kappa shape index (κ1) is 13.4. The van der Waals surface area contributed by atoms with E-state index in [1.54, 1.807) is 12.1 Å². The van der Waals surface area contributed by atoms with Gasteiger partial charge in [0.2, 0.25) is 0 Å². The number of rotatable bonds is 2. The molecule has 0 radical (unpaired) electrons. The van der Waals surface area contributed by atoms with Gasteiger partial charge in [0.25, 0.3) is 0 Å². The molecule has 1 aromatic heterocycles. The molecule has 2 rings (SSSR count). The Kier molecular flexibility index (Phi) is 3.97. The van der Waals surface area contributed by atoms with Gasteiger partial charge in [0.15, 0.2) is 5.82 Å². The highest BCUT2D eigenvalue weighted by atomic mass is 79.9. The first-order valence-electron chi connectivity index (χ1n) is 5.51. The summed E-state index contributed by atoms with van der Waals surface area (Å²) in [4.78, 5) is 8.66. The molecule has 0 amide bonds. The number of benzene rings is 1. The third-order valence-electron chi connectivity index (χ3n) is 2.69. The van der Waals surface area contributed by atoms with Gasteiger partial charge in [-0.25, -0.2) is 14.4 Å². The van der Waals surface area contributed by atoms with E-state index >= 15 is 0 Å². The van der Waals surface area contributed by atoms with Crippen LogP contribution >= 0.6 is 27.5 Å². The average molecular weight is 330 g/mol. The summed E-state index contributed by atoms with van der Waals surface area (Å²) in [7, 11) is 0. The average Bonchev–Trinajstić information content (AvgIpc) is 2.32. The molecule has 1 heterocycles. The summed E-state index contributed by atoms with van der Waals surface area (Å²) in [5.41, 5.74) is 2.53. The molecule has 0 saturated carbocycles. The molecule has 94 valence electrons. The molecule has 5 heteroatoms. The molecule has 0 aliphatic carbocycles. The van der Waals surface area contributed by atoms with Gasteiger partial charge in [-0.3, -0.25) is 0 Å². The monoisotopic (exact) mass is 328 g/mol. The summed E-state index contributed by atoms with van der Waals surface area (Å²) < 4.78 is 13.6. The minimum atomic E-state index is -0.313. The molecule has 0 unspecified atom stereocenters. The summed E-state index contributed by atoms with van der Waals surface area (Å²) in [5, 5.41) is 0.459. The molecule has 0 aliphatic heterocycles. The highest BCUT2D eigenvalue weighted by molar-refractivity contribution is 9.10. The Bertz CT molecular complexity index is 579. The lowest BCUT2D eigenvalue weighted by Gasteiger charge is -2.08. The van der Waals surface area contributed by atoms with E-state index in [-0.39, 0.29) is 5.82 Å². The number of aryl methyl sites for hydroxylation is 1. The maximum Gasteiger partial charge on any atom is 0.161 e. The molecule has 1 aromatic carbocycles. The predicted molar refractivity (Wildman–Crippen MR) is 74.3 cm³/mol. The topological polar surface area (TPSA) is 25.8 Å². The lowest BCUT2D eigenvalue weighted by molar-refractivity contribution is 0.621. The molecule has 18 heavy (non-hydrogen) atoms. The van der Waals surface area contributed by atoms with E-state index < -0.39 is 0 Å². The number of aromatic nitrogens is 2. The molecule has 0 atom stereocenters. The Morgan fingerprint density at radius 3 is 2.61 bits per heavy atom. The fourth-order valence-corrected chi connectivity index (χ4v) is 2.46. The van der Waals surface area contributed by atoms with Crippen molar-refractivity contribution in [1.29, 1.82) is 0 Å². The molecule has 0 aliphatic rings. The van der Waals surface area contributed by atoms with Crippen LogP contribution in [0.3, 0.4) is 0 Å². The highest BCUT2D eigenvalue weighted by Crippen LogP contribution is 2.26. The molecular weight excluding hydrogens is 319 g/mol. The van der Waals surface area contributed by atoms with Crippen LogP contribution in [0, 0.1) is 12.7 Å². The fourth-order valence-electron chi connectivity index (χ4n) is 1.73. The lowest BCUT2D eigenvalue weighted by Crippen LogP contribution is -1.99. The van der Waals surface area contributed by atoms with Crippen LogP contribution in [0.1, 0.15) is 18.2 Å². The lowest BCUT2D eigenvalue weighted by atomic mass is 10.1.